The lowest BCUT2D eigenvalue weighted by atomic mass is 10.1. The summed E-state index contributed by atoms with van der Waals surface area (Å²) in [4.78, 5) is 28.6. The zero-order valence-electron chi connectivity index (χ0n) is 15.2. The second-order valence-corrected chi connectivity index (χ2v) is 6.48. The third-order valence-corrected chi connectivity index (χ3v) is 4.82. The van der Waals surface area contributed by atoms with Crippen LogP contribution < -0.4 is 9.64 Å². The number of benzene rings is 2. The molecule has 1 heterocycles. The Morgan fingerprint density at radius 3 is 2.58 bits per heavy atom. The van der Waals surface area contributed by atoms with Crippen LogP contribution in [0.3, 0.4) is 0 Å². The van der Waals surface area contributed by atoms with Gasteiger partial charge in [-0.3, -0.25) is 14.5 Å². The van der Waals surface area contributed by atoms with Crippen LogP contribution in [-0.4, -0.2) is 43.5 Å². The standard InChI is InChI=1S/C21H24N2O3/c1-22(15-14-16-8-6-7-11-19(16)26-2)21(25)18-12-13-20(24)23(18)17-9-4-3-5-10-17/h3-11,18H,12-15H2,1-2H3. The first-order valence-electron chi connectivity index (χ1n) is 8.86. The maximum Gasteiger partial charge on any atom is 0.245 e. The van der Waals surface area contributed by atoms with E-state index in [0.717, 1.165) is 17.0 Å². The predicted octanol–water partition coefficient (Wildman–Crippen LogP) is 2.89. The summed E-state index contributed by atoms with van der Waals surface area (Å²) in [5.74, 6) is 0.817. The molecule has 0 aromatic heterocycles. The van der Waals surface area contributed by atoms with Crippen LogP contribution in [0.1, 0.15) is 18.4 Å². The number of hydrogen-bond acceptors (Lipinski definition) is 3. The number of anilines is 1. The second-order valence-electron chi connectivity index (χ2n) is 6.48. The summed E-state index contributed by atoms with van der Waals surface area (Å²) in [6, 6.07) is 16.8. The number of methoxy groups -OCH3 is 1. The SMILES string of the molecule is COc1ccccc1CCN(C)C(=O)C1CCC(=O)N1c1ccccc1. The van der Waals surface area contributed by atoms with Gasteiger partial charge in [-0.15, -0.1) is 0 Å². The van der Waals surface area contributed by atoms with Crippen molar-refractivity contribution in [2.24, 2.45) is 0 Å². The zero-order valence-corrected chi connectivity index (χ0v) is 15.2. The lowest BCUT2D eigenvalue weighted by Crippen LogP contribution is -2.46. The number of ether oxygens (including phenoxy) is 1. The van der Waals surface area contributed by atoms with E-state index in [0.29, 0.717) is 25.8 Å². The molecule has 136 valence electrons. The molecule has 2 aromatic carbocycles. The van der Waals surface area contributed by atoms with Crippen LogP contribution in [0.5, 0.6) is 5.75 Å². The summed E-state index contributed by atoms with van der Waals surface area (Å²) in [5.41, 5.74) is 1.85. The molecule has 0 aliphatic carbocycles. The molecule has 2 amide bonds. The second kappa shape index (κ2) is 8.04. The molecule has 0 bridgehead atoms. The van der Waals surface area contributed by atoms with Gasteiger partial charge < -0.3 is 9.64 Å². The fraction of sp³-hybridized carbons (Fsp3) is 0.333. The quantitative estimate of drug-likeness (QED) is 0.803. The van der Waals surface area contributed by atoms with E-state index >= 15 is 0 Å². The molecule has 0 radical (unpaired) electrons. The smallest absolute Gasteiger partial charge is 0.245 e. The Labute approximate surface area is 154 Å². The van der Waals surface area contributed by atoms with Crippen LogP contribution in [0.25, 0.3) is 0 Å². The number of likely N-dealkylation sites (N-methyl/N-ethyl adjacent to an activating group) is 1. The van der Waals surface area contributed by atoms with Crippen LogP contribution in [0.2, 0.25) is 0 Å². The van der Waals surface area contributed by atoms with E-state index < -0.39 is 6.04 Å². The van der Waals surface area contributed by atoms with E-state index in [1.54, 1.807) is 24.0 Å². The molecule has 0 spiro atoms. The van der Waals surface area contributed by atoms with E-state index in [1.807, 2.05) is 54.6 Å². The first-order valence-corrected chi connectivity index (χ1v) is 8.86. The molecule has 2 aromatic rings. The Morgan fingerprint density at radius 2 is 1.85 bits per heavy atom. The monoisotopic (exact) mass is 352 g/mol. The molecule has 5 heteroatoms. The maximum atomic E-state index is 13.0. The van der Waals surface area contributed by atoms with Crippen LogP contribution >= 0.6 is 0 Å². The molecule has 5 nitrogen and oxygen atoms in total. The molecule has 1 aliphatic rings. The number of rotatable bonds is 6. The summed E-state index contributed by atoms with van der Waals surface area (Å²) in [5, 5.41) is 0. The average molecular weight is 352 g/mol. The Balaban J connectivity index is 1.68. The third-order valence-electron chi connectivity index (χ3n) is 4.82. The Hall–Kier alpha value is -2.82. The first kappa shape index (κ1) is 18.0. The molecule has 0 saturated carbocycles. The zero-order chi connectivity index (χ0) is 18.5. The molecular formula is C21H24N2O3. The lowest BCUT2D eigenvalue weighted by molar-refractivity contribution is -0.131. The van der Waals surface area contributed by atoms with Crippen molar-refractivity contribution in [2.75, 3.05) is 25.6 Å². The van der Waals surface area contributed by atoms with Gasteiger partial charge in [0.2, 0.25) is 11.8 Å². The minimum atomic E-state index is -0.424. The largest absolute Gasteiger partial charge is 0.496 e. The van der Waals surface area contributed by atoms with E-state index in [-0.39, 0.29) is 11.8 Å². The molecule has 1 aliphatic heterocycles. The molecule has 3 rings (SSSR count). The van der Waals surface area contributed by atoms with E-state index in [2.05, 4.69) is 0 Å². The van der Waals surface area contributed by atoms with Gasteiger partial charge in [0, 0.05) is 25.7 Å². The van der Waals surface area contributed by atoms with Gasteiger partial charge in [-0.2, -0.15) is 0 Å². The summed E-state index contributed by atoms with van der Waals surface area (Å²) in [7, 11) is 3.44. The van der Waals surface area contributed by atoms with Gasteiger partial charge in [0.05, 0.1) is 7.11 Å². The van der Waals surface area contributed by atoms with Crippen LogP contribution in [-0.2, 0) is 16.0 Å². The van der Waals surface area contributed by atoms with Gasteiger partial charge >= 0.3 is 0 Å². The lowest BCUT2D eigenvalue weighted by Gasteiger charge is -2.28. The Kier molecular flexibility index (Phi) is 5.56. The summed E-state index contributed by atoms with van der Waals surface area (Å²) >= 11 is 0. The minimum Gasteiger partial charge on any atom is -0.496 e. The van der Waals surface area contributed by atoms with Crippen molar-refractivity contribution in [3.8, 4) is 5.75 Å². The fourth-order valence-corrected chi connectivity index (χ4v) is 3.39. The maximum absolute atomic E-state index is 13.0. The van der Waals surface area contributed by atoms with Crippen molar-refractivity contribution in [3.05, 3.63) is 60.2 Å². The normalized spacial score (nSPS) is 16.6. The molecule has 1 unspecified atom stereocenters. The van der Waals surface area contributed by atoms with Crippen molar-refractivity contribution in [1.82, 2.24) is 4.90 Å². The van der Waals surface area contributed by atoms with E-state index in [9.17, 15) is 9.59 Å². The number of amides is 2. The highest BCUT2D eigenvalue weighted by atomic mass is 16.5. The summed E-state index contributed by atoms with van der Waals surface area (Å²) in [6.07, 6.45) is 1.68. The fourth-order valence-electron chi connectivity index (χ4n) is 3.39. The minimum absolute atomic E-state index is 0.00711. The average Bonchev–Trinajstić information content (AvgIpc) is 3.07. The highest BCUT2D eigenvalue weighted by Gasteiger charge is 2.38. The Morgan fingerprint density at radius 1 is 1.15 bits per heavy atom. The van der Waals surface area contributed by atoms with Gasteiger partial charge in [-0.05, 0) is 36.6 Å². The summed E-state index contributed by atoms with van der Waals surface area (Å²) < 4.78 is 5.37. The Bertz CT molecular complexity index is 776. The molecule has 1 saturated heterocycles. The van der Waals surface area contributed by atoms with Gasteiger partial charge in [0.1, 0.15) is 11.8 Å². The van der Waals surface area contributed by atoms with Crippen LogP contribution in [0.15, 0.2) is 54.6 Å². The van der Waals surface area contributed by atoms with Gasteiger partial charge in [0.15, 0.2) is 0 Å². The molecule has 26 heavy (non-hydrogen) atoms. The van der Waals surface area contributed by atoms with Gasteiger partial charge in [0.25, 0.3) is 0 Å². The molecule has 1 atom stereocenters. The van der Waals surface area contributed by atoms with E-state index in [4.69, 9.17) is 4.74 Å². The summed E-state index contributed by atoms with van der Waals surface area (Å²) in [6.45, 7) is 0.576. The number of carbonyl (C=O) groups excluding carboxylic acids is 2. The van der Waals surface area contributed by atoms with Gasteiger partial charge in [-0.1, -0.05) is 36.4 Å². The predicted molar refractivity (Wildman–Crippen MR) is 101 cm³/mol. The number of carbonyl (C=O) groups is 2. The van der Waals surface area contributed by atoms with Crippen molar-refractivity contribution in [3.63, 3.8) is 0 Å². The number of nitrogens with zero attached hydrogens (tertiary/aromatic N) is 2. The molecule has 0 N–H and O–H groups in total. The van der Waals surface area contributed by atoms with Crippen molar-refractivity contribution < 1.29 is 14.3 Å². The highest BCUT2D eigenvalue weighted by Crippen LogP contribution is 2.27. The molecule has 1 fully saturated rings. The highest BCUT2D eigenvalue weighted by molar-refractivity contribution is 6.03. The van der Waals surface area contributed by atoms with Crippen molar-refractivity contribution in [1.29, 1.82) is 0 Å². The third kappa shape index (κ3) is 3.72. The number of hydrogen-bond donors (Lipinski definition) is 0. The first-order chi connectivity index (χ1) is 12.6. The van der Waals surface area contributed by atoms with Crippen molar-refractivity contribution >= 4 is 17.5 Å². The van der Waals surface area contributed by atoms with Crippen LogP contribution in [0, 0.1) is 0 Å². The van der Waals surface area contributed by atoms with E-state index in [1.165, 1.54) is 0 Å². The number of para-hydroxylation sites is 2. The molecular weight excluding hydrogens is 328 g/mol. The van der Waals surface area contributed by atoms with Gasteiger partial charge in [-0.25, -0.2) is 0 Å². The van der Waals surface area contributed by atoms with Crippen molar-refractivity contribution in [2.45, 2.75) is 25.3 Å². The topological polar surface area (TPSA) is 49.9 Å². The van der Waals surface area contributed by atoms with Crippen LogP contribution in [0.4, 0.5) is 5.69 Å².